The number of hydrogen-bond donors (Lipinski definition) is 0. The van der Waals surface area contributed by atoms with Gasteiger partial charge in [-0.1, -0.05) is 243 Å². The van der Waals surface area contributed by atoms with Crippen molar-refractivity contribution in [1.29, 1.82) is 0 Å². The first-order valence-corrected chi connectivity index (χ1v) is 29.0. The molecule has 0 bridgehead atoms. The molecule has 408 valence electrons. The van der Waals surface area contributed by atoms with Crippen LogP contribution in [0.4, 0.5) is 0 Å². The minimum Gasteiger partial charge on any atom is -0.462 e. The topological polar surface area (TPSA) is 78.9 Å². The quantitative estimate of drug-likeness (QED) is 0.0261. The van der Waals surface area contributed by atoms with Crippen LogP contribution in [0.15, 0.2) is 158 Å². The van der Waals surface area contributed by atoms with Gasteiger partial charge in [-0.2, -0.15) is 0 Å². The molecule has 0 fully saturated rings. The van der Waals surface area contributed by atoms with Crippen molar-refractivity contribution in [3.63, 3.8) is 0 Å². The van der Waals surface area contributed by atoms with E-state index >= 15 is 0 Å². The van der Waals surface area contributed by atoms with Gasteiger partial charge in [0.25, 0.3) is 0 Å². The summed E-state index contributed by atoms with van der Waals surface area (Å²) in [6.45, 7) is 6.26. The number of esters is 3. The second-order valence-corrected chi connectivity index (χ2v) is 18.4. The summed E-state index contributed by atoms with van der Waals surface area (Å²) >= 11 is 0. The van der Waals surface area contributed by atoms with E-state index in [-0.39, 0.29) is 38.0 Å². The second kappa shape index (κ2) is 59.6. The average Bonchev–Trinajstić information content (AvgIpc) is 3.39. The van der Waals surface area contributed by atoms with E-state index in [9.17, 15) is 14.4 Å². The number of allylic oxidation sites excluding steroid dienone is 26. The molecular formula is C67H104O6. The molecule has 0 radical (unpaired) electrons. The van der Waals surface area contributed by atoms with Gasteiger partial charge in [0.05, 0.1) is 0 Å². The van der Waals surface area contributed by atoms with Crippen LogP contribution < -0.4 is 0 Å². The lowest BCUT2D eigenvalue weighted by molar-refractivity contribution is -0.166. The van der Waals surface area contributed by atoms with Crippen LogP contribution in [0, 0.1) is 0 Å². The van der Waals surface area contributed by atoms with Crippen molar-refractivity contribution in [3.8, 4) is 0 Å². The van der Waals surface area contributed by atoms with Gasteiger partial charge < -0.3 is 14.2 Å². The van der Waals surface area contributed by atoms with Gasteiger partial charge in [0.1, 0.15) is 13.2 Å². The Bertz CT molecular complexity index is 1670. The fourth-order valence-electron chi connectivity index (χ4n) is 7.25. The van der Waals surface area contributed by atoms with Gasteiger partial charge in [-0.15, -0.1) is 0 Å². The molecule has 0 heterocycles. The van der Waals surface area contributed by atoms with E-state index in [1.807, 2.05) is 24.3 Å². The minimum absolute atomic E-state index is 0.141. The molecule has 0 aromatic heterocycles. The predicted molar refractivity (Wildman–Crippen MR) is 315 cm³/mol. The van der Waals surface area contributed by atoms with E-state index in [0.29, 0.717) is 19.3 Å². The Kier molecular flexibility index (Phi) is 55.5. The highest BCUT2D eigenvalue weighted by atomic mass is 16.6. The summed E-state index contributed by atoms with van der Waals surface area (Å²) < 4.78 is 16.7. The van der Waals surface area contributed by atoms with E-state index in [1.165, 1.54) is 77.0 Å². The molecule has 1 unspecified atom stereocenters. The molecular weight excluding hydrogens is 901 g/mol. The van der Waals surface area contributed by atoms with Gasteiger partial charge in [0.2, 0.25) is 0 Å². The highest BCUT2D eigenvalue weighted by Crippen LogP contribution is 2.13. The van der Waals surface area contributed by atoms with Crippen molar-refractivity contribution in [1.82, 2.24) is 0 Å². The molecule has 0 aliphatic carbocycles. The Labute approximate surface area is 448 Å². The summed E-state index contributed by atoms with van der Waals surface area (Å²) in [6.07, 6.45) is 86.8. The summed E-state index contributed by atoms with van der Waals surface area (Å²) in [5.74, 6) is -1.13. The van der Waals surface area contributed by atoms with Gasteiger partial charge in [-0.05, 0) is 122 Å². The number of rotatable bonds is 50. The normalized spacial score (nSPS) is 13.3. The number of hydrogen-bond acceptors (Lipinski definition) is 6. The summed E-state index contributed by atoms with van der Waals surface area (Å²) in [5, 5.41) is 0. The van der Waals surface area contributed by atoms with Crippen LogP contribution in [-0.2, 0) is 28.6 Å². The molecule has 0 rings (SSSR count). The first kappa shape index (κ1) is 68.0. The fraction of sp³-hybridized carbons (Fsp3) is 0.567. The van der Waals surface area contributed by atoms with Gasteiger partial charge in [-0.3, -0.25) is 14.4 Å². The third-order valence-corrected chi connectivity index (χ3v) is 11.5. The van der Waals surface area contributed by atoms with Crippen molar-refractivity contribution in [2.75, 3.05) is 13.2 Å². The van der Waals surface area contributed by atoms with E-state index in [1.54, 1.807) is 0 Å². The van der Waals surface area contributed by atoms with E-state index in [2.05, 4.69) is 154 Å². The first-order valence-electron chi connectivity index (χ1n) is 29.0. The monoisotopic (exact) mass is 1000 g/mol. The summed E-state index contributed by atoms with van der Waals surface area (Å²) in [5.41, 5.74) is 0. The Morgan fingerprint density at radius 3 is 0.918 bits per heavy atom. The molecule has 6 heteroatoms. The Hall–Kier alpha value is -4.97. The maximum Gasteiger partial charge on any atom is 0.306 e. The largest absolute Gasteiger partial charge is 0.462 e. The van der Waals surface area contributed by atoms with Crippen LogP contribution >= 0.6 is 0 Å². The van der Waals surface area contributed by atoms with Crippen LogP contribution in [0.1, 0.15) is 226 Å². The van der Waals surface area contributed by atoms with Crippen LogP contribution in [0.3, 0.4) is 0 Å². The minimum atomic E-state index is -0.859. The maximum atomic E-state index is 12.8. The van der Waals surface area contributed by atoms with Gasteiger partial charge >= 0.3 is 17.9 Å². The molecule has 0 saturated heterocycles. The lowest BCUT2D eigenvalue weighted by Crippen LogP contribution is -2.30. The second-order valence-electron chi connectivity index (χ2n) is 18.4. The molecule has 0 amide bonds. The molecule has 0 saturated carbocycles. The number of carbonyl (C=O) groups excluding carboxylic acids is 3. The highest BCUT2D eigenvalue weighted by Gasteiger charge is 2.19. The summed E-state index contributed by atoms with van der Waals surface area (Å²) in [4.78, 5) is 38.1. The number of ether oxygens (including phenoxy) is 3. The van der Waals surface area contributed by atoms with Crippen molar-refractivity contribution < 1.29 is 28.6 Å². The summed E-state index contributed by atoms with van der Waals surface area (Å²) in [7, 11) is 0. The van der Waals surface area contributed by atoms with Gasteiger partial charge in [-0.25, -0.2) is 0 Å². The zero-order valence-electron chi connectivity index (χ0n) is 46.6. The van der Waals surface area contributed by atoms with Crippen molar-refractivity contribution in [2.24, 2.45) is 0 Å². The zero-order valence-corrected chi connectivity index (χ0v) is 46.6. The lowest BCUT2D eigenvalue weighted by Gasteiger charge is -2.18. The van der Waals surface area contributed by atoms with Crippen molar-refractivity contribution in [2.45, 2.75) is 232 Å². The average molecular weight is 1010 g/mol. The predicted octanol–water partition coefficient (Wildman–Crippen LogP) is 19.8. The molecule has 1 atom stereocenters. The van der Waals surface area contributed by atoms with Crippen LogP contribution in [0.5, 0.6) is 0 Å². The molecule has 0 spiro atoms. The summed E-state index contributed by atoms with van der Waals surface area (Å²) in [6, 6.07) is 0. The fourth-order valence-corrected chi connectivity index (χ4v) is 7.25. The van der Waals surface area contributed by atoms with E-state index in [0.717, 1.165) is 96.3 Å². The molecule has 73 heavy (non-hydrogen) atoms. The van der Waals surface area contributed by atoms with E-state index < -0.39 is 12.1 Å². The smallest absolute Gasteiger partial charge is 0.306 e. The SMILES string of the molecule is CC/C=C\C/C=C\C/C=C\C/C=C\C/C=C\C/C=C\CCC(=O)OCC(COC(=O)CCCCCCCCC/C=C\CCCCCCCC)OC(=O)CC/C=C\C/C=C\C/C=C\C/C=C\C/C=C\C/C=C\CC. The van der Waals surface area contributed by atoms with Crippen molar-refractivity contribution >= 4 is 17.9 Å². The van der Waals surface area contributed by atoms with E-state index in [4.69, 9.17) is 14.2 Å². The van der Waals surface area contributed by atoms with Gasteiger partial charge in [0.15, 0.2) is 6.10 Å². The third kappa shape index (κ3) is 57.8. The molecule has 0 aromatic carbocycles. The zero-order chi connectivity index (χ0) is 52.9. The van der Waals surface area contributed by atoms with Crippen LogP contribution in [0.2, 0.25) is 0 Å². The molecule has 0 aromatic rings. The van der Waals surface area contributed by atoms with Crippen LogP contribution in [0.25, 0.3) is 0 Å². The molecule has 0 aliphatic heterocycles. The Balaban J connectivity index is 4.65. The highest BCUT2D eigenvalue weighted by molar-refractivity contribution is 5.71. The van der Waals surface area contributed by atoms with Crippen LogP contribution in [-0.4, -0.2) is 37.2 Å². The maximum absolute atomic E-state index is 12.8. The standard InChI is InChI=1S/C67H104O6/c1-4-7-10-13-16-19-22-25-28-31-33-36-39-42-45-48-51-54-57-60-66(69)72-63-64(62-71-65(68)59-56-53-50-47-44-41-38-35-30-27-24-21-18-15-12-9-6-3)73-67(70)61-58-55-52-49-46-43-40-37-34-32-29-26-23-20-17-14-11-8-5-2/h7-8,10-11,16-17,19-20,25-30,33-34,36-37,42-43,45-46,51-52,54-55,64H,4-6,9,12-15,18,21-24,31-32,35,38-41,44,47-50,53,56-63H2,1-3H3/b10-7-,11-8-,19-16-,20-17-,28-25-,29-26-,30-27-,36-33-,37-34-,45-42-,46-43-,54-51-,55-52-. The number of unbranched alkanes of at least 4 members (excludes halogenated alkanes) is 13. The third-order valence-electron chi connectivity index (χ3n) is 11.5. The molecule has 0 N–H and O–H groups in total. The van der Waals surface area contributed by atoms with Crippen molar-refractivity contribution in [3.05, 3.63) is 158 Å². The Morgan fingerprint density at radius 2 is 0.562 bits per heavy atom. The molecule has 0 aliphatic rings. The Morgan fingerprint density at radius 1 is 0.288 bits per heavy atom. The molecule has 6 nitrogen and oxygen atoms in total. The number of carbonyl (C=O) groups is 3. The lowest BCUT2D eigenvalue weighted by atomic mass is 10.1. The van der Waals surface area contributed by atoms with Gasteiger partial charge in [0, 0.05) is 19.3 Å². The first-order chi connectivity index (χ1) is 36.0.